The predicted molar refractivity (Wildman–Crippen MR) is 92.4 cm³/mol. The summed E-state index contributed by atoms with van der Waals surface area (Å²) in [6.45, 7) is 6.15. The standard InChI is InChI=1S/C19H24N2O2/c1-4-23-19-12-11-18(13-20-19)17-9-7-16(8-10-17)6-5-14(2)21-15(3)22/h7-14H,4-6H2,1-3H3,(H,21,22). The van der Waals surface area contributed by atoms with E-state index in [-0.39, 0.29) is 11.9 Å². The molecule has 23 heavy (non-hydrogen) atoms. The molecular formula is C19H24N2O2. The van der Waals surface area contributed by atoms with Crippen molar-refractivity contribution in [3.8, 4) is 17.0 Å². The van der Waals surface area contributed by atoms with Gasteiger partial charge in [0, 0.05) is 30.8 Å². The molecule has 2 rings (SSSR count). The number of ether oxygens (including phenoxy) is 1. The second-order valence-electron chi connectivity index (χ2n) is 5.66. The number of carbonyl (C=O) groups excluding carboxylic acids is 1. The summed E-state index contributed by atoms with van der Waals surface area (Å²) in [7, 11) is 0. The van der Waals surface area contributed by atoms with E-state index in [1.165, 1.54) is 5.56 Å². The van der Waals surface area contributed by atoms with Crippen molar-refractivity contribution in [2.45, 2.75) is 39.7 Å². The molecule has 0 aliphatic heterocycles. The molecule has 0 fully saturated rings. The fourth-order valence-corrected chi connectivity index (χ4v) is 2.45. The second kappa shape index (κ2) is 8.32. The van der Waals surface area contributed by atoms with E-state index in [1.54, 1.807) is 6.92 Å². The maximum absolute atomic E-state index is 11.0. The summed E-state index contributed by atoms with van der Waals surface area (Å²) in [6, 6.07) is 12.6. The molecule has 1 N–H and O–H groups in total. The van der Waals surface area contributed by atoms with E-state index in [0.717, 1.165) is 24.0 Å². The average molecular weight is 312 g/mol. The third-order valence-corrected chi connectivity index (χ3v) is 3.63. The third kappa shape index (κ3) is 5.40. The SMILES string of the molecule is CCOc1ccc(-c2ccc(CCC(C)NC(C)=O)cc2)cn1. The number of pyridine rings is 1. The highest BCUT2D eigenvalue weighted by Crippen LogP contribution is 2.21. The first-order chi connectivity index (χ1) is 11.1. The van der Waals surface area contributed by atoms with E-state index in [4.69, 9.17) is 4.74 Å². The molecule has 1 unspecified atom stereocenters. The Morgan fingerprint density at radius 3 is 2.43 bits per heavy atom. The molecule has 122 valence electrons. The lowest BCUT2D eigenvalue weighted by Crippen LogP contribution is -2.30. The summed E-state index contributed by atoms with van der Waals surface area (Å²) in [5, 5.41) is 2.91. The summed E-state index contributed by atoms with van der Waals surface area (Å²) >= 11 is 0. The van der Waals surface area contributed by atoms with Gasteiger partial charge in [-0.3, -0.25) is 4.79 Å². The van der Waals surface area contributed by atoms with Crippen molar-refractivity contribution in [1.82, 2.24) is 10.3 Å². The zero-order valence-electron chi connectivity index (χ0n) is 14.0. The molecule has 0 spiro atoms. The molecule has 1 atom stereocenters. The van der Waals surface area contributed by atoms with Crippen LogP contribution in [0.15, 0.2) is 42.6 Å². The Morgan fingerprint density at radius 1 is 1.17 bits per heavy atom. The van der Waals surface area contributed by atoms with Gasteiger partial charge in [0.1, 0.15) is 0 Å². The van der Waals surface area contributed by atoms with E-state index in [2.05, 4.69) is 34.6 Å². The molecule has 0 saturated carbocycles. The number of hydrogen-bond acceptors (Lipinski definition) is 3. The average Bonchev–Trinajstić information content (AvgIpc) is 2.54. The van der Waals surface area contributed by atoms with Crippen molar-refractivity contribution in [3.05, 3.63) is 48.2 Å². The van der Waals surface area contributed by atoms with Crippen LogP contribution < -0.4 is 10.1 Å². The molecule has 4 heteroatoms. The largest absolute Gasteiger partial charge is 0.478 e. The minimum Gasteiger partial charge on any atom is -0.478 e. The third-order valence-electron chi connectivity index (χ3n) is 3.63. The van der Waals surface area contributed by atoms with Gasteiger partial charge >= 0.3 is 0 Å². The summed E-state index contributed by atoms with van der Waals surface area (Å²) in [6.07, 6.45) is 3.71. The number of aryl methyl sites for hydroxylation is 1. The van der Waals surface area contributed by atoms with Crippen LogP contribution in [-0.4, -0.2) is 23.5 Å². The summed E-state index contributed by atoms with van der Waals surface area (Å²) in [5.74, 6) is 0.677. The zero-order chi connectivity index (χ0) is 16.7. The maximum atomic E-state index is 11.0. The first kappa shape index (κ1) is 17.0. The monoisotopic (exact) mass is 312 g/mol. The van der Waals surface area contributed by atoms with Gasteiger partial charge in [0.25, 0.3) is 0 Å². The van der Waals surface area contributed by atoms with Crippen LogP contribution in [0.1, 0.15) is 32.8 Å². The van der Waals surface area contributed by atoms with Crippen LogP contribution in [0.4, 0.5) is 0 Å². The van der Waals surface area contributed by atoms with Crippen molar-refractivity contribution < 1.29 is 9.53 Å². The maximum Gasteiger partial charge on any atom is 0.217 e. The van der Waals surface area contributed by atoms with Gasteiger partial charge in [-0.1, -0.05) is 24.3 Å². The molecule has 0 aliphatic rings. The highest BCUT2D eigenvalue weighted by atomic mass is 16.5. The first-order valence-corrected chi connectivity index (χ1v) is 8.03. The minimum atomic E-state index is 0.0239. The zero-order valence-corrected chi connectivity index (χ0v) is 14.0. The van der Waals surface area contributed by atoms with Crippen LogP contribution in [0.2, 0.25) is 0 Å². The lowest BCUT2D eigenvalue weighted by molar-refractivity contribution is -0.119. The topological polar surface area (TPSA) is 51.2 Å². The normalized spacial score (nSPS) is 11.8. The molecule has 0 radical (unpaired) electrons. The molecule has 1 heterocycles. The molecule has 4 nitrogen and oxygen atoms in total. The van der Waals surface area contributed by atoms with Crippen molar-refractivity contribution in [3.63, 3.8) is 0 Å². The number of amides is 1. The molecule has 0 saturated heterocycles. The highest BCUT2D eigenvalue weighted by molar-refractivity contribution is 5.73. The van der Waals surface area contributed by atoms with E-state index in [0.29, 0.717) is 12.5 Å². The Balaban J connectivity index is 1.94. The molecule has 2 aromatic rings. The van der Waals surface area contributed by atoms with E-state index in [1.807, 2.05) is 32.2 Å². The summed E-state index contributed by atoms with van der Waals surface area (Å²) in [5.41, 5.74) is 3.48. The van der Waals surface area contributed by atoms with Crippen LogP contribution in [0.3, 0.4) is 0 Å². The summed E-state index contributed by atoms with van der Waals surface area (Å²) in [4.78, 5) is 15.3. The Hall–Kier alpha value is -2.36. The van der Waals surface area contributed by atoms with Crippen LogP contribution in [0, 0.1) is 0 Å². The van der Waals surface area contributed by atoms with Gasteiger partial charge in [0.2, 0.25) is 11.8 Å². The molecule has 0 aliphatic carbocycles. The second-order valence-corrected chi connectivity index (χ2v) is 5.66. The highest BCUT2D eigenvalue weighted by Gasteiger charge is 2.05. The predicted octanol–water partition coefficient (Wildman–Crippen LogP) is 3.60. The number of nitrogens with one attached hydrogen (secondary N) is 1. The van der Waals surface area contributed by atoms with Gasteiger partial charge < -0.3 is 10.1 Å². The smallest absolute Gasteiger partial charge is 0.217 e. The van der Waals surface area contributed by atoms with Crippen LogP contribution in [0.5, 0.6) is 5.88 Å². The molecule has 0 bridgehead atoms. The van der Waals surface area contributed by atoms with Gasteiger partial charge in [0.05, 0.1) is 6.61 Å². The molecule has 1 aromatic carbocycles. The van der Waals surface area contributed by atoms with Gasteiger partial charge in [-0.2, -0.15) is 0 Å². The molecule has 1 amide bonds. The van der Waals surface area contributed by atoms with Crippen LogP contribution in [0.25, 0.3) is 11.1 Å². The quantitative estimate of drug-likeness (QED) is 0.850. The van der Waals surface area contributed by atoms with Gasteiger partial charge in [-0.05, 0) is 43.9 Å². The van der Waals surface area contributed by atoms with E-state index in [9.17, 15) is 4.79 Å². The number of benzene rings is 1. The Kier molecular flexibility index (Phi) is 6.15. The van der Waals surface area contributed by atoms with E-state index < -0.39 is 0 Å². The number of carbonyl (C=O) groups is 1. The molecule has 1 aromatic heterocycles. The van der Waals surface area contributed by atoms with Crippen molar-refractivity contribution in [2.24, 2.45) is 0 Å². The fraction of sp³-hybridized carbons (Fsp3) is 0.368. The van der Waals surface area contributed by atoms with Gasteiger partial charge in [-0.25, -0.2) is 4.98 Å². The number of hydrogen-bond donors (Lipinski definition) is 1. The Bertz CT molecular complexity index is 621. The Labute approximate surface area is 137 Å². The van der Waals surface area contributed by atoms with Crippen LogP contribution >= 0.6 is 0 Å². The Morgan fingerprint density at radius 2 is 1.87 bits per heavy atom. The van der Waals surface area contributed by atoms with Crippen molar-refractivity contribution >= 4 is 5.91 Å². The van der Waals surface area contributed by atoms with Crippen molar-refractivity contribution in [1.29, 1.82) is 0 Å². The summed E-state index contributed by atoms with van der Waals surface area (Å²) < 4.78 is 5.36. The van der Waals surface area contributed by atoms with Crippen LogP contribution in [-0.2, 0) is 11.2 Å². The number of aromatic nitrogens is 1. The number of rotatable bonds is 7. The minimum absolute atomic E-state index is 0.0239. The van der Waals surface area contributed by atoms with Gasteiger partial charge in [0.15, 0.2) is 0 Å². The lowest BCUT2D eigenvalue weighted by atomic mass is 10.0. The lowest BCUT2D eigenvalue weighted by Gasteiger charge is -2.12. The fourth-order valence-electron chi connectivity index (χ4n) is 2.45. The first-order valence-electron chi connectivity index (χ1n) is 8.03. The van der Waals surface area contributed by atoms with Crippen molar-refractivity contribution in [2.75, 3.05) is 6.61 Å². The van der Waals surface area contributed by atoms with E-state index >= 15 is 0 Å². The van der Waals surface area contributed by atoms with Gasteiger partial charge in [-0.15, -0.1) is 0 Å². The molecular weight excluding hydrogens is 288 g/mol. The number of nitrogens with zero attached hydrogens (tertiary/aromatic N) is 1.